The molecule has 0 saturated carbocycles. The number of ether oxygens (including phenoxy) is 1. The third-order valence-electron chi connectivity index (χ3n) is 4.40. The van der Waals surface area contributed by atoms with Gasteiger partial charge in [0.15, 0.2) is 0 Å². The predicted molar refractivity (Wildman–Crippen MR) is 99.1 cm³/mol. The topological polar surface area (TPSA) is 84.8 Å². The summed E-state index contributed by atoms with van der Waals surface area (Å²) in [5, 5.41) is 12.2. The summed E-state index contributed by atoms with van der Waals surface area (Å²) in [5.41, 5.74) is 3.84. The number of hydrogen-bond acceptors (Lipinski definition) is 4. The number of rotatable bonds is 6. The Morgan fingerprint density at radius 3 is 3.04 bits per heavy atom. The molecule has 2 aromatic carbocycles. The number of nitrogens with one attached hydrogen (secondary N) is 2. The van der Waals surface area contributed by atoms with Gasteiger partial charge in [-0.3, -0.25) is 4.79 Å². The van der Waals surface area contributed by atoms with Crippen molar-refractivity contribution in [3.05, 3.63) is 54.2 Å². The predicted octanol–water partition coefficient (Wildman–Crippen LogP) is 2.28. The van der Waals surface area contributed by atoms with E-state index in [-0.39, 0.29) is 12.5 Å². The Morgan fingerprint density at radius 2 is 2.15 bits per heavy atom. The van der Waals surface area contributed by atoms with E-state index in [2.05, 4.69) is 20.6 Å². The van der Waals surface area contributed by atoms with Gasteiger partial charge in [-0.1, -0.05) is 17.3 Å². The molecular formula is C19H19N5O2. The van der Waals surface area contributed by atoms with Crippen LogP contribution in [0.25, 0.3) is 21.9 Å². The maximum Gasteiger partial charge on any atom is 0.241 e. The molecule has 2 N–H and O–H groups in total. The van der Waals surface area contributed by atoms with Crippen molar-refractivity contribution < 1.29 is 9.53 Å². The molecular weight excluding hydrogens is 330 g/mol. The number of aromatic nitrogens is 4. The fourth-order valence-electron chi connectivity index (χ4n) is 3.05. The van der Waals surface area contributed by atoms with Crippen LogP contribution in [0.15, 0.2) is 48.7 Å². The lowest BCUT2D eigenvalue weighted by Crippen LogP contribution is -2.29. The molecule has 0 saturated heterocycles. The summed E-state index contributed by atoms with van der Waals surface area (Å²) in [4.78, 5) is 15.5. The largest absolute Gasteiger partial charge is 0.497 e. The quantitative estimate of drug-likeness (QED) is 0.559. The van der Waals surface area contributed by atoms with Gasteiger partial charge >= 0.3 is 0 Å². The van der Waals surface area contributed by atoms with E-state index in [0.717, 1.165) is 39.7 Å². The summed E-state index contributed by atoms with van der Waals surface area (Å²) in [6, 6.07) is 13.5. The molecule has 2 heterocycles. The van der Waals surface area contributed by atoms with Crippen LogP contribution in [0, 0.1) is 0 Å². The van der Waals surface area contributed by atoms with Crippen molar-refractivity contribution in [3.8, 4) is 5.75 Å². The molecule has 0 atom stereocenters. The van der Waals surface area contributed by atoms with Crippen LogP contribution in [-0.4, -0.2) is 39.5 Å². The minimum Gasteiger partial charge on any atom is -0.497 e. The number of H-pyrrole nitrogens is 1. The number of nitrogens with zero attached hydrogens (tertiary/aromatic N) is 3. The first-order valence-corrected chi connectivity index (χ1v) is 8.43. The molecule has 0 unspecified atom stereocenters. The average Bonchev–Trinajstić information content (AvgIpc) is 3.26. The maximum atomic E-state index is 12.2. The van der Waals surface area contributed by atoms with Gasteiger partial charge in [0.05, 0.1) is 12.6 Å². The van der Waals surface area contributed by atoms with Crippen LogP contribution in [0.1, 0.15) is 5.56 Å². The molecule has 0 bridgehead atoms. The normalized spacial score (nSPS) is 11.1. The number of carbonyl (C=O) groups excluding carboxylic acids is 1. The van der Waals surface area contributed by atoms with Gasteiger partial charge in [-0.05, 0) is 42.3 Å². The zero-order valence-electron chi connectivity index (χ0n) is 14.4. The number of methoxy groups -OCH3 is 1. The Bertz CT molecular complexity index is 1070. The second-order valence-electron chi connectivity index (χ2n) is 6.06. The fourth-order valence-corrected chi connectivity index (χ4v) is 3.05. The van der Waals surface area contributed by atoms with Crippen LogP contribution in [0.2, 0.25) is 0 Å². The third kappa shape index (κ3) is 3.11. The van der Waals surface area contributed by atoms with Crippen LogP contribution in [0.3, 0.4) is 0 Å². The molecule has 7 nitrogen and oxygen atoms in total. The Kier molecular flexibility index (Phi) is 4.27. The van der Waals surface area contributed by atoms with E-state index in [1.54, 1.807) is 11.8 Å². The van der Waals surface area contributed by atoms with Gasteiger partial charge < -0.3 is 15.0 Å². The average molecular weight is 349 g/mol. The first-order chi connectivity index (χ1) is 12.7. The molecule has 0 aliphatic rings. The Labute approximate surface area is 150 Å². The summed E-state index contributed by atoms with van der Waals surface area (Å²) >= 11 is 0. The number of carbonyl (C=O) groups is 1. The Morgan fingerprint density at radius 1 is 1.27 bits per heavy atom. The first-order valence-electron chi connectivity index (χ1n) is 8.43. The van der Waals surface area contributed by atoms with Gasteiger partial charge in [0.1, 0.15) is 17.8 Å². The van der Waals surface area contributed by atoms with Crippen molar-refractivity contribution in [1.29, 1.82) is 0 Å². The SMILES string of the molecule is COc1ccc2[nH]cc(CCNC(=O)Cn3nnc4ccccc43)c2c1. The lowest BCUT2D eigenvalue weighted by Gasteiger charge is -2.06. The van der Waals surface area contributed by atoms with Gasteiger partial charge in [0.25, 0.3) is 0 Å². The standard InChI is InChI=1S/C19H19N5O2/c1-26-14-6-7-16-15(10-14)13(11-21-16)8-9-20-19(25)12-24-18-5-3-2-4-17(18)22-23-24/h2-7,10-11,21H,8-9,12H2,1H3,(H,20,25). The van der Waals surface area contributed by atoms with Crippen LogP contribution in [0.4, 0.5) is 0 Å². The van der Waals surface area contributed by atoms with Crippen LogP contribution >= 0.6 is 0 Å². The molecule has 0 aliphatic heterocycles. The Balaban J connectivity index is 1.38. The Hall–Kier alpha value is -3.35. The van der Waals surface area contributed by atoms with E-state index in [1.807, 2.05) is 48.7 Å². The molecule has 26 heavy (non-hydrogen) atoms. The second kappa shape index (κ2) is 6.87. The highest BCUT2D eigenvalue weighted by molar-refractivity contribution is 5.85. The van der Waals surface area contributed by atoms with Gasteiger partial charge in [-0.2, -0.15) is 0 Å². The summed E-state index contributed by atoms with van der Waals surface area (Å²) in [6.45, 7) is 0.706. The molecule has 132 valence electrons. The number of amides is 1. The minimum atomic E-state index is -0.0851. The first kappa shape index (κ1) is 16.1. The number of hydrogen-bond donors (Lipinski definition) is 2. The molecule has 7 heteroatoms. The second-order valence-corrected chi connectivity index (χ2v) is 6.06. The highest BCUT2D eigenvalue weighted by Crippen LogP contribution is 2.23. The van der Waals surface area contributed by atoms with Gasteiger partial charge in [-0.15, -0.1) is 5.10 Å². The fraction of sp³-hybridized carbons (Fsp3) is 0.211. The summed E-state index contributed by atoms with van der Waals surface area (Å²) in [5.74, 6) is 0.735. The highest BCUT2D eigenvalue weighted by atomic mass is 16.5. The van der Waals surface area contributed by atoms with E-state index in [1.165, 1.54) is 0 Å². The zero-order valence-corrected chi connectivity index (χ0v) is 14.4. The smallest absolute Gasteiger partial charge is 0.241 e. The molecule has 0 radical (unpaired) electrons. The van der Waals surface area contributed by atoms with E-state index in [9.17, 15) is 4.79 Å². The molecule has 2 aromatic heterocycles. The molecule has 0 fully saturated rings. The van der Waals surface area contributed by atoms with E-state index < -0.39 is 0 Å². The van der Waals surface area contributed by atoms with Crippen LogP contribution < -0.4 is 10.1 Å². The van der Waals surface area contributed by atoms with Crippen molar-refractivity contribution in [2.45, 2.75) is 13.0 Å². The number of fused-ring (bicyclic) bond motifs is 2. The van der Waals surface area contributed by atoms with Crippen molar-refractivity contribution in [2.75, 3.05) is 13.7 Å². The van der Waals surface area contributed by atoms with Gasteiger partial charge in [0.2, 0.25) is 5.91 Å². The molecule has 4 rings (SSSR count). The monoisotopic (exact) mass is 349 g/mol. The van der Waals surface area contributed by atoms with E-state index >= 15 is 0 Å². The number of para-hydroxylation sites is 1. The zero-order chi connectivity index (χ0) is 17.9. The van der Waals surface area contributed by atoms with Crippen molar-refractivity contribution >= 4 is 27.8 Å². The summed E-state index contributed by atoms with van der Waals surface area (Å²) in [7, 11) is 1.65. The van der Waals surface area contributed by atoms with Crippen molar-refractivity contribution in [1.82, 2.24) is 25.3 Å². The lowest BCUT2D eigenvalue weighted by atomic mass is 10.1. The minimum absolute atomic E-state index is 0.0851. The lowest BCUT2D eigenvalue weighted by molar-refractivity contribution is -0.121. The van der Waals surface area contributed by atoms with Crippen LogP contribution in [0.5, 0.6) is 5.75 Å². The number of benzene rings is 2. The van der Waals surface area contributed by atoms with E-state index in [0.29, 0.717) is 6.54 Å². The molecule has 4 aromatic rings. The summed E-state index contributed by atoms with van der Waals surface area (Å²) in [6.07, 6.45) is 2.71. The number of aromatic amines is 1. The maximum absolute atomic E-state index is 12.2. The molecule has 0 spiro atoms. The van der Waals surface area contributed by atoms with Crippen molar-refractivity contribution in [2.24, 2.45) is 0 Å². The van der Waals surface area contributed by atoms with Crippen LogP contribution in [-0.2, 0) is 17.8 Å². The van der Waals surface area contributed by atoms with E-state index in [4.69, 9.17) is 4.74 Å². The van der Waals surface area contributed by atoms with Crippen molar-refractivity contribution in [3.63, 3.8) is 0 Å². The van der Waals surface area contributed by atoms with Gasteiger partial charge in [0, 0.05) is 23.6 Å². The van der Waals surface area contributed by atoms with Gasteiger partial charge in [-0.25, -0.2) is 4.68 Å². The third-order valence-corrected chi connectivity index (χ3v) is 4.40. The molecule has 0 aliphatic carbocycles. The summed E-state index contributed by atoms with van der Waals surface area (Å²) < 4.78 is 6.90. The highest BCUT2D eigenvalue weighted by Gasteiger charge is 2.09. The molecule has 1 amide bonds.